The number of halogens is 3. The Morgan fingerprint density at radius 3 is 2.41 bits per heavy atom. The molecule has 0 saturated heterocycles. The monoisotopic (exact) mass is 313 g/mol. The number of hydrogen-bond donors (Lipinski definition) is 1. The van der Waals surface area contributed by atoms with Crippen molar-refractivity contribution in [3.05, 3.63) is 42.2 Å². The molecule has 0 atom stereocenters. The van der Waals surface area contributed by atoms with Crippen molar-refractivity contribution in [1.82, 2.24) is 9.97 Å². The lowest BCUT2D eigenvalue weighted by molar-refractivity contribution is -0.141. The normalized spacial score (nSPS) is 11.1. The predicted molar refractivity (Wildman–Crippen MR) is 74.0 cm³/mol. The van der Waals surface area contributed by atoms with Crippen molar-refractivity contribution < 1.29 is 22.6 Å². The molecular weight excluding hydrogens is 299 g/mol. The second-order valence-corrected chi connectivity index (χ2v) is 4.21. The quantitative estimate of drug-likeness (QED) is 0.831. The van der Waals surface area contributed by atoms with Crippen molar-refractivity contribution in [2.45, 2.75) is 6.18 Å². The smallest absolute Gasteiger partial charge is 0.433 e. The summed E-state index contributed by atoms with van der Waals surface area (Å²) in [4.78, 5) is 7.12. The molecule has 1 aromatic heterocycles. The molecule has 0 unspecified atom stereocenters. The molecule has 118 valence electrons. The standard InChI is InChI=1S/C14H14F3N3O2/c1-21-10-2-4-11(5-3-10)22-9-8-19-13-18-7-6-12(20-13)14(15,16)17/h2-7H,8-9H2,1H3,(H,18,19,20). The molecule has 1 heterocycles. The number of nitrogens with zero attached hydrogens (tertiary/aromatic N) is 2. The zero-order chi connectivity index (χ0) is 16.0. The molecule has 0 aliphatic carbocycles. The number of benzene rings is 1. The maximum Gasteiger partial charge on any atom is 0.433 e. The van der Waals surface area contributed by atoms with Crippen LogP contribution in [0, 0.1) is 0 Å². The summed E-state index contributed by atoms with van der Waals surface area (Å²) in [6.07, 6.45) is -3.43. The van der Waals surface area contributed by atoms with E-state index in [0.717, 1.165) is 12.3 Å². The number of aromatic nitrogens is 2. The maximum absolute atomic E-state index is 12.5. The Morgan fingerprint density at radius 1 is 1.09 bits per heavy atom. The summed E-state index contributed by atoms with van der Waals surface area (Å²) in [5, 5.41) is 2.68. The van der Waals surface area contributed by atoms with Gasteiger partial charge in [0.2, 0.25) is 5.95 Å². The van der Waals surface area contributed by atoms with Gasteiger partial charge < -0.3 is 14.8 Å². The van der Waals surface area contributed by atoms with Crippen LogP contribution in [-0.4, -0.2) is 30.2 Å². The average molecular weight is 313 g/mol. The van der Waals surface area contributed by atoms with E-state index in [1.54, 1.807) is 31.4 Å². The summed E-state index contributed by atoms with van der Waals surface area (Å²) in [7, 11) is 1.56. The van der Waals surface area contributed by atoms with Crippen LogP contribution in [0.5, 0.6) is 11.5 Å². The zero-order valence-corrected chi connectivity index (χ0v) is 11.7. The predicted octanol–water partition coefficient (Wildman–Crippen LogP) is 2.99. The lowest BCUT2D eigenvalue weighted by Gasteiger charge is -2.10. The number of alkyl halides is 3. The van der Waals surface area contributed by atoms with Gasteiger partial charge in [-0.2, -0.15) is 13.2 Å². The molecule has 0 aliphatic rings. The van der Waals surface area contributed by atoms with E-state index in [2.05, 4.69) is 15.3 Å². The second kappa shape index (κ2) is 6.97. The third-order valence-electron chi connectivity index (χ3n) is 2.66. The van der Waals surface area contributed by atoms with Crippen molar-refractivity contribution in [3.63, 3.8) is 0 Å². The average Bonchev–Trinajstić information content (AvgIpc) is 2.52. The molecule has 22 heavy (non-hydrogen) atoms. The van der Waals surface area contributed by atoms with E-state index in [1.165, 1.54) is 0 Å². The van der Waals surface area contributed by atoms with Gasteiger partial charge in [0.1, 0.15) is 23.8 Å². The highest BCUT2D eigenvalue weighted by molar-refractivity contribution is 5.31. The van der Waals surface area contributed by atoms with Gasteiger partial charge in [-0.25, -0.2) is 9.97 Å². The molecule has 2 rings (SSSR count). The fourth-order valence-corrected chi connectivity index (χ4v) is 1.61. The van der Waals surface area contributed by atoms with Crippen LogP contribution in [0.1, 0.15) is 5.69 Å². The summed E-state index contributed by atoms with van der Waals surface area (Å²) in [5.41, 5.74) is -0.985. The van der Waals surface area contributed by atoms with E-state index < -0.39 is 11.9 Å². The number of ether oxygens (including phenoxy) is 2. The summed E-state index contributed by atoms with van der Waals surface area (Å²) < 4.78 is 47.9. The first-order valence-corrected chi connectivity index (χ1v) is 6.40. The van der Waals surface area contributed by atoms with Crippen molar-refractivity contribution in [1.29, 1.82) is 0 Å². The lowest BCUT2D eigenvalue weighted by atomic mass is 10.3. The van der Waals surface area contributed by atoms with Crippen LogP contribution in [0.2, 0.25) is 0 Å². The van der Waals surface area contributed by atoms with Crippen LogP contribution < -0.4 is 14.8 Å². The van der Waals surface area contributed by atoms with Crippen molar-refractivity contribution in [2.24, 2.45) is 0 Å². The highest BCUT2D eigenvalue weighted by Crippen LogP contribution is 2.27. The fourth-order valence-electron chi connectivity index (χ4n) is 1.61. The number of anilines is 1. The van der Waals surface area contributed by atoms with E-state index in [-0.39, 0.29) is 19.1 Å². The molecule has 0 bridgehead atoms. The minimum absolute atomic E-state index is 0.0897. The van der Waals surface area contributed by atoms with Crippen LogP contribution in [0.25, 0.3) is 0 Å². The van der Waals surface area contributed by atoms with Crippen LogP contribution in [0.15, 0.2) is 36.5 Å². The molecule has 0 fully saturated rings. The maximum atomic E-state index is 12.5. The lowest BCUT2D eigenvalue weighted by Crippen LogP contribution is -2.15. The van der Waals surface area contributed by atoms with Gasteiger partial charge in [-0.15, -0.1) is 0 Å². The van der Waals surface area contributed by atoms with E-state index in [1.807, 2.05) is 0 Å². The highest BCUT2D eigenvalue weighted by atomic mass is 19.4. The van der Waals surface area contributed by atoms with Gasteiger partial charge in [0.15, 0.2) is 0 Å². The molecule has 5 nitrogen and oxygen atoms in total. The SMILES string of the molecule is COc1ccc(OCCNc2nccc(C(F)(F)F)n2)cc1. The van der Waals surface area contributed by atoms with Gasteiger partial charge in [0, 0.05) is 6.20 Å². The molecule has 0 saturated carbocycles. The van der Waals surface area contributed by atoms with Gasteiger partial charge in [-0.3, -0.25) is 0 Å². The molecule has 8 heteroatoms. The fraction of sp³-hybridized carbons (Fsp3) is 0.286. The van der Waals surface area contributed by atoms with Crippen molar-refractivity contribution in [3.8, 4) is 11.5 Å². The van der Waals surface area contributed by atoms with Gasteiger partial charge in [0.25, 0.3) is 0 Å². The molecule has 2 aromatic rings. The Balaban J connectivity index is 1.81. The number of rotatable bonds is 6. The van der Waals surface area contributed by atoms with Gasteiger partial charge in [-0.05, 0) is 30.3 Å². The molecular formula is C14H14F3N3O2. The Labute approximate surface area is 125 Å². The molecule has 0 amide bonds. The molecule has 0 aliphatic heterocycles. The van der Waals surface area contributed by atoms with Crippen LogP contribution >= 0.6 is 0 Å². The first-order valence-electron chi connectivity index (χ1n) is 6.40. The Hall–Kier alpha value is -2.51. The van der Waals surface area contributed by atoms with Gasteiger partial charge in [0.05, 0.1) is 13.7 Å². The molecule has 0 radical (unpaired) electrons. The van der Waals surface area contributed by atoms with Crippen molar-refractivity contribution >= 4 is 5.95 Å². The molecule has 0 spiro atoms. The molecule has 1 aromatic carbocycles. The Morgan fingerprint density at radius 2 is 1.77 bits per heavy atom. The summed E-state index contributed by atoms with van der Waals surface area (Å²) in [5.74, 6) is 1.25. The number of methoxy groups -OCH3 is 1. The van der Waals surface area contributed by atoms with E-state index >= 15 is 0 Å². The summed E-state index contributed by atoms with van der Waals surface area (Å²) in [6.45, 7) is 0.527. The third-order valence-corrected chi connectivity index (χ3v) is 2.66. The first-order chi connectivity index (χ1) is 10.5. The van der Waals surface area contributed by atoms with E-state index in [4.69, 9.17) is 9.47 Å². The zero-order valence-electron chi connectivity index (χ0n) is 11.7. The molecule has 1 N–H and O–H groups in total. The van der Waals surface area contributed by atoms with E-state index in [9.17, 15) is 13.2 Å². The van der Waals surface area contributed by atoms with E-state index in [0.29, 0.717) is 11.5 Å². The highest BCUT2D eigenvalue weighted by Gasteiger charge is 2.32. The largest absolute Gasteiger partial charge is 0.497 e. The minimum Gasteiger partial charge on any atom is -0.497 e. The third kappa shape index (κ3) is 4.51. The number of hydrogen-bond acceptors (Lipinski definition) is 5. The Kier molecular flexibility index (Phi) is 5.03. The van der Waals surface area contributed by atoms with Crippen LogP contribution in [0.4, 0.5) is 19.1 Å². The topological polar surface area (TPSA) is 56.3 Å². The van der Waals surface area contributed by atoms with Gasteiger partial charge >= 0.3 is 6.18 Å². The summed E-state index contributed by atoms with van der Waals surface area (Å²) in [6, 6.07) is 7.79. The Bertz CT molecular complexity index is 603. The van der Waals surface area contributed by atoms with Crippen LogP contribution in [0.3, 0.4) is 0 Å². The number of nitrogens with one attached hydrogen (secondary N) is 1. The van der Waals surface area contributed by atoms with Gasteiger partial charge in [-0.1, -0.05) is 0 Å². The first kappa shape index (κ1) is 15.9. The van der Waals surface area contributed by atoms with Crippen LogP contribution in [-0.2, 0) is 6.18 Å². The minimum atomic E-state index is -4.49. The summed E-state index contributed by atoms with van der Waals surface area (Å²) >= 11 is 0. The second-order valence-electron chi connectivity index (χ2n) is 4.21. The van der Waals surface area contributed by atoms with Crippen molar-refractivity contribution in [2.75, 3.05) is 25.6 Å².